The number of aryl methyl sites for hydroxylation is 1. The summed E-state index contributed by atoms with van der Waals surface area (Å²) in [7, 11) is 0. The molecule has 1 heterocycles. The van der Waals surface area contributed by atoms with Gasteiger partial charge in [0.25, 0.3) is 5.69 Å². The number of hydrogen-bond acceptors (Lipinski definition) is 7. The summed E-state index contributed by atoms with van der Waals surface area (Å²) in [5.74, 6) is 0. The van der Waals surface area contributed by atoms with Crippen molar-refractivity contribution in [1.82, 2.24) is 0 Å². The molecule has 0 radical (unpaired) electrons. The van der Waals surface area contributed by atoms with Gasteiger partial charge >= 0.3 is 0 Å². The van der Waals surface area contributed by atoms with E-state index in [2.05, 4.69) is 5.32 Å². The molecule has 8 heteroatoms. The number of anilines is 1. The number of nitro groups is 1. The average Bonchev–Trinajstić information content (AvgIpc) is 2.44. The number of aliphatic hydroxyl groups is 3. The molecule has 1 aliphatic heterocycles. The van der Waals surface area contributed by atoms with E-state index in [4.69, 9.17) is 4.74 Å². The normalized spacial score (nSPS) is 32.7. The summed E-state index contributed by atoms with van der Waals surface area (Å²) in [5.41, 5.74) is 1.11. The van der Waals surface area contributed by atoms with Crippen LogP contribution in [0.1, 0.15) is 12.5 Å². The van der Waals surface area contributed by atoms with Gasteiger partial charge in [-0.2, -0.15) is 0 Å². The molecule has 21 heavy (non-hydrogen) atoms. The molecular weight excluding hydrogens is 280 g/mol. The average molecular weight is 298 g/mol. The third kappa shape index (κ3) is 3.13. The predicted octanol–water partition coefficient (Wildman–Crippen LogP) is 0.143. The Bertz CT molecular complexity index is 537. The molecule has 0 saturated carbocycles. The molecular formula is C13H18N2O6. The fourth-order valence-corrected chi connectivity index (χ4v) is 2.25. The first-order valence-corrected chi connectivity index (χ1v) is 6.52. The zero-order valence-electron chi connectivity index (χ0n) is 11.6. The molecule has 116 valence electrons. The molecule has 0 aliphatic carbocycles. The van der Waals surface area contributed by atoms with Crippen LogP contribution in [-0.2, 0) is 4.74 Å². The molecule has 1 fully saturated rings. The van der Waals surface area contributed by atoms with Gasteiger partial charge in [0.15, 0.2) is 6.23 Å². The van der Waals surface area contributed by atoms with Crippen molar-refractivity contribution in [2.24, 2.45) is 0 Å². The van der Waals surface area contributed by atoms with Crippen molar-refractivity contribution in [1.29, 1.82) is 0 Å². The molecule has 8 nitrogen and oxygen atoms in total. The minimum absolute atomic E-state index is 0.0352. The van der Waals surface area contributed by atoms with Crippen LogP contribution in [-0.4, -0.2) is 50.9 Å². The Morgan fingerprint density at radius 3 is 2.48 bits per heavy atom. The van der Waals surface area contributed by atoms with Gasteiger partial charge in [0, 0.05) is 17.8 Å². The zero-order chi connectivity index (χ0) is 15.7. The van der Waals surface area contributed by atoms with Gasteiger partial charge in [-0.25, -0.2) is 0 Å². The molecule has 0 spiro atoms. The summed E-state index contributed by atoms with van der Waals surface area (Å²) in [6, 6.07) is 4.23. The Balaban J connectivity index is 2.16. The van der Waals surface area contributed by atoms with Gasteiger partial charge in [-0.3, -0.25) is 10.1 Å². The van der Waals surface area contributed by atoms with E-state index in [9.17, 15) is 25.4 Å². The monoisotopic (exact) mass is 298 g/mol. The van der Waals surface area contributed by atoms with Crippen molar-refractivity contribution in [2.75, 3.05) is 5.32 Å². The van der Waals surface area contributed by atoms with E-state index in [1.54, 1.807) is 13.8 Å². The van der Waals surface area contributed by atoms with Crippen LogP contribution in [0.25, 0.3) is 0 Å². The summed E-state index contributed by atoms with van der Waals surface area (Å²) in [6.45, 7) is 3.26. The number of rotatable bonds is 3. The summed E-state index contributed by atoms with van der Waals surface area (Å²) < 4.78 is 5.41. The van der Waals surface area contributed by atoms with Crippen LogP contribution in [0.2, 0.25) is 0 Å². The summed E-state index contributed by atoms with van der Waals surface area (Å²) >= 11 is 0. The number of nitrogens with one attached hydrogen (secondary N) is 1. The number of aliphatic hydroxyl groups excluding tert-OH is 3. The van der Waals surface area contributed by atoms with Gasteiger partial charge in [-0.15, -0.1) is 0 Å². The van der Waals surface area contributed by atoms with Gasteiger partial charge in [-0.05, 0) is 25.5 Å². The number of nitrogens with zero attached hydrogens (tertiary/aromatic N) is 1. The van der Waals surface area contributed by atoms with E-state index < -0.39 is 35.6 Å². The molecule has 0 aromatic heterocycles. The third-order valence-corrected chi connectivity index (χ3v) is 3.57. The number of non-ortho nitro benzene ring substituents is 1. The van der Waals surface area contributed by atoms with Crippen molar-refractivity contribution >= 4 is 11.4 Å². The van der Waals surface area contributed by atoms with Crippen molar-refractivity contribution in [2.45, 2.75) is 44.5 Å². The Kier molecular flexibility index (Phi) is 4.43. The highest BCUT2D eigenvalue weighted by Crippen LogP contribution is 2.26. The van der Waals surface area contributed by atoms with Gasteiger partial charge in [0.2, 0.25) is 0 Å². The lowest BCUT2D eigenvalue weighted by Gasteiger charge is -2.40. The summed E-state index contributed by atoms with van der Waals surface area (Å²) in [4.78, 5) is 10.2. The molecule has 4 N–H and O–H groups in total. The second kappa shape index (κ2) is 5.94. The molecule has 1 aromatic rings. The smallest absolute Gasteiger partial charge is 0.269 e. The molecule has 5 atom stereocenters. The van der Waals surface area contributed by atoms with Crippen LogP contribution < -0.4 is 5.32 Å². The largest absolute Gasteiger partial charge is 0.388 e. The van der Waals surface area contributed by atoms with Crippen LogP contribution in [0, 0.1) is 17.0 Å². The minimum atomic E-state index is -1.33. The van der Waals surface area contributed by atoms with E-state index in [0.29, 0.717) is 11.3 Å². The van der Waals surface area contributed by atoms with Crippen LogP contribution in [0.3, 0.4) is 0 Å². The van der Waals surface area contributed by atoms with Gasteiger partial charge in [-0.1, -0.05) is 0 Å². The first-order valence-electron chi connectivity index (χ1n) is 6.52. The van der Waals surface area contributed by atoms with Crippen molar-refractivity contribution < 1.29 is 25.0 Å². The van der Waals surface area contributed by atoms with Crippen LogP contribution in [0.4, 0.5) is 11.4 Å². The molecule has 1 saturated heterocycles. The summed E-state index contributed by atoms with van der Waals surface area (Å²) in [6.07, 6.45) is -5.38. The molecule has 2 rings (SSSR count). The highest BCUT2D eigenvalue weighted by atomic mass is 16.6. The van der Waals surface area contributed by atoms with Gasteiger partial charge in [0.05, 0.1) is 11.0 Å². The van der Waals surface area contributed by atoms with Crippen LogP contribution in [0.5, 0.6) is 0 Å². The van der Waals surface area contributed by atoms with E-state index in [-0.39, 0.29) is 5.69 Å². The van der Waals surface area contributed by atoms with E-state index in [0.717, 1.165) is 0 Å². The zero-order valence-corrected chi connectivity index (χ0v) is 11.6. The maximum absolute atomic E-state index is 10.7. The maximum Gasteiger partial charge on any atom is 0.269 e. The van der Waals surface area contributed by atoms with E-state index >= 15 is 0 Å². The Morgan fingerprint density at radius 2 is 1.90 bits per heavy atom. The number of hydrogen-bond donors (Lipinski definition) is 4. The predicted molar refractivity (Wildman–Crippen MR) is 73.8 cm³/mol. The van der Waals surface area contributed by atoms with Crippen LogP contribution in [0.15, 0.2) is 18.2 Å². The topological polar surface area (TPSA) is 125 Å². The first-order chi connectivity index (χ1) is 9.81. The Hall–Kier alpha value is -1.74. The quantitative estimate of drug-likeness (QED) is 0.462. The fourth-order valence-electron chi connectivity index (χ4n) is 2.25. The Labute approximate surface area is 121 Å². The molecule has 0 amide bonds. The lowest BCUT2D eigenvalue weighted by atomic mass is 9.99. The highest BCUT2D eigenvalue weighted by molar-refractivity contribution is 5.55. The lowest BCUT2D eigenvalue weighted by molar-refractivity contribution is -0.384. The minimum Gasteiger partial charge on any atom is -0.388 e. The van der Waals surface area contributed by atoms with Gasteiger partial charge < -0.3 is 25.4 Å². The molecule has 0 bridgehead atoms. The molecule has 1 aliphatic rings. The summed E-state index contributed by atoms with van der Waals surface area (Å²) in [5, 5.41) is 42.8. The van der Waals surface area contributed by atoms with E-state index in [1.807, 2.05) is 0 Å². The van der Waals surface area contributed by atoms with Crippen LogP contribution >= 0.6 is 0 Å². The first kappa shape index (κ1) is 15.6. The molecule has 1 unspecified atom stereocenters. The maximum atomic E-state index is 10.7. The number of ether oxygens (including phenoxy) is 1. The third-order valence-electron chi connectivity index (χ3n) is 3.57. The van der Waals surface area contributed by atoms with E-state index in [1.165, 1.54) is 18.2 Å². The second-order valence-corrected chi connectivity index (χ2v) is 5.13. The van der Waals surface area contributed by atoms with Crippen molar-refractivity contribution in [3.63, 3.8) is 0 Å². The fraction of sp³-hybridized carbons (Fsp3) is 0.538. The lowest BCUT2D eigenvalue weighted by Crippen LogP contribution is -2.58. The van der Waals surface area contributed by atoms with Gasteiger partial charge in [0.1, 0.15) is 18.3 Å². The standard InChI is InChI=1S/C13H18N2O6/c1-6-5-8(15(19)20)3-4-9(6)14-13-12(18)11(17)10(16)7(2)21-13/h3-5,7,10-14,16-18H,1-2H3/t7-,10-,11+,12+,13?/m0/s1. The SMILES string of the molecule is Cc1cc([N+](=O)[O-])ccc1NC1O[C@@H](C)[C@H](O)[C@@H](O)[C@H]1O. The number of benzene rings is 1. The highest BCUT2D eigenvalue weighted by Gasteiger charge is 2.41. The van der Waals surface area contributed by atoms with Crippen molar-refractivity contribution in [3.05, 3.63) is 33.9 Å². The second-order valence-electron chi connectivity index (χ2n) is 5.13. The molecule has 1 aromatic carbocycles. The Morgan fingerprint density at radius 1 is 1.24 bits per heavy atom. The van der Waals surface area contributed by atoms with Crippen molar-refractivity contribution in [3.8, 4) is 0 Å². The number of nitro benzene ring substituents is 1.